The monoisotopic (exact) mass is 581 g/mol. The van der Waals surface area contributed by atoms with Gasteiger partial charge in [-0.05, 0) is 0 Å². The van der Waals surface area contributed by atoms with Gasteiger partial charge in [0.2, 0.25) is 0 Å². The van der Waals surface area contributed by atoms with Crippen LogP contribution in [0.15, 0.2) is 12.7 Å². The van der Waals surface area contributed by atoms with Crippen molar-refractivity contribution in [2.75, 3.05) is 0.428 Å². The zero-order chi connectivity index (χ0) is 10.8. The molecule has 0 saturated heterocycles. The second-order valence-electron chi connectivity index (χ2n) is 3.40. The van der Waals surface area contributed by atoms with Crippen LogP contribution in [0.25, 0.3) is 11.2 Å². The van der Waals surface area contributed by atoms with Crippen molar-refractivity contribution in [3.63, 3.8) is 0 Å². The van der Waals surface area contributed by atoms with Crippen molar-refractivity contribution < 1.29 is 49.8 Å². The van der Waals surface area contributed by atoms with Crippen molar-refractivity contribution in [1.29, 1.82) is 0 Å². The van der Waals surface area contributed by atoms with E-state index < -0.39 is 49.8 Å². The number of fused-ring (bicyclic) bond motifs is 1. The fraction of sp³-hybridized carbons (Fsp3) is 0.375. The molecule has 0 aliphatic heterocycles. The summed E-state index contributed by atoms with van der Waals surface area (Å²) in [6, 6.07) is 0. The summed E-state index contributed by atoms with van der Waals surface area (Å²) in [5, 5.41) is 0. The average Bonchev–Trinajstić information content (AvgIpc) is 2.64. The molecule has 0 N–H and O–H groups in total. The van der Waals surface area contributed by atoms with Crippen molar-refractivity contribution in [2.24, 2.45) is 7.05 Å². The summed E-state index contributed by atoms with van der Waals surface area (Å²) < 4.78 is 9.36. The fourth-order valence-corrected chi connectivity index (χ4v) is 22.8. The van der Waals surface area contributed by atoms with E-state index in [0.717, 1.165) is 17.0 Å². The van der Waals surface area contributed by atoms with Gasteiger partial charge < -0.3 is 0 Å². The third-order valence-electron chi connectivity index (χ3n) is 2.54. The quantitative estimate of drug-likeness (QED) is 0.515. The van der Waals surface area contributed by atoms with Crippen LogP contribution in [0.3, 0.4) is 0 Å². The molecule has 0 aliphatic carbocycles. The standard InChI is InChI=1S/C6H5N5.2CH3.2Hg/c1-11-3-10-4-5(7)8-2-9-6(4)11;;;;/h2-3H,1H3;2*1H3;;. The van der Waals surface area contributed by atoms with E-state index in [2.05, 4.69) is 24.2 Å². The van der Waals surface area contributed by atoms with Crippen molar-refractivity contribution in [3.8, 4) is 0 Å². The molecule has 2 rings (SSSR count). The van der Waals surface area contributed by atoms with E-state index in [1.807, 2.05) is 17.9 Å². The summed E-state index contributed by atoms with van der Waals surface area (Å²) in [5.74, 6) is 1.12. The molecule has 0 atom stereocenters. The molecule has 0 amide bonds. The van der Waals surface area contributed by atoms with Gasteiger partial charge in [0.05, 0.1) is 0 Å². The second-order valence-corrected chi connectivity index (χ2v) is 27.8. The number of rotatable bonds is 3. The summed E-state index contributed by atoms with van der Waals surface area (Å²) >= 11 is -1.74. The zero-order valence-corrected chi connectivity index (χ0v) is 20.3. The third-order valence-corrected chi connectivity index (χ3v) is 41.3. The first-order valence-electron chi connectivity index (χ1n) is 5.14. The number of imidazole rings is 1. The van der Waals surface area contributed by atoms with Gasteiger partial charge in [-0.15, -0.1) is 0 Å². The molecule has 0 aliphatic rings. The van der Waals surface area contributed by atoms with Crippen molar-refractivity contribution in [3.05, 3.63) is 12.7 Å². The van der Waals surface area contributed by atoms with E-state index in [9.17, 15) is 0 Å². The molecule has 2 aromatic heterocycles. The predicted octanol–water partition coefficient (Wildman–Crippen LogP) is 1.26. The molecule has 0 spiro atoms. The van der Waals surface area contributed by atoms with Gasteiger partial charge in [0.1, 0.15) is 0 Å². The Balaban J connectivity index is 2.60. The van der Waals surface area contributed by atoms with Crippen LogP contribution in [0.4, 0.5) is 5.82 Å². The van der Waals surface area contributed by atoms with Gasteiger partial charge in [0.25, 0.3) is 0 Å². The Morgan fingerprint density at radius 1 is 1.20 bits per heavy atom. The maximum absolute atomic E-state index is 4.41. The Morgan fingerprint density at radius 3 is 2.60 bits per heavy atom. The Hall–Kier alpha value is 0.220. The van der Waals surface area contributed by atoms with Crippen molar-refractivity contribution in [2.45, 2.75) is 8.86 Å². The molecule has 7 heteroatoms. The van der Waals surface area contributed by atoms with Gasteiger partial charge in [-0.1, -0.05) is 0 Å². The minimum atomic E-state index is -0.868. The molecule has 0 fully saturated rings. The number of aryl methyl sites for hydroxylation is 1. The number of aromatic nitrogens is 4. The number of hydrogen-bond acceptors (Lipinski definition) is 4. The summed E-state index contributed by atoms with van der Waals surface area (Å²) in [7, 11) is 1.98. The van der Waals surface area contributed by atoms with Gasteiger partial charge >= 0.3 is 115 Å². The third kappa shape index (κ3) is 2.18. The van der Waals surface area contributed by atoms with Gasteiger partial charge in [0, 0.05) is 0 Å². The number of nitrogens with zero attached hydrogens (tertiary/aromatic N) is 5. The zero-order valence-electron chi connectivity index (χ0n) is 9.30. The molecule has 15 heavy (non-hydrogen) atoms. The SMILES string of the molecule is [CH3][Hg][N]([Hg][CH3])c1ncnc2c1ncn2C. The van der Waals surface area contributed by atoms with Crippen LogP contribution in [-0.2, 0) is 56.8 Å². The molecular weight excluding hydrogens is 567 g/mol. The molecule has 0 radical (unpaired) electrons. The van der Waals surface area contributed by atoms with Crippen LogP contribution in [0.5, 0.6) is 0 Å². The molecule has 2 aromatic rings. The van der Waals surface area contributed by atoms with Gasteiger partial charge in [0.15, 0.2) is 0 Å². The van der Waals surface area contributed by atoms with Crippen LogP contribution in [0.2, 0.25) is 8.86 Å². The van der Waals surface area contributed by atoms with Gasteiger partial charge in [-0.3, -0.25) is 0 Å². The van der Waals surface area contributed by atoms with Crippen LogP contribution in [0, 0.1) is 0 Å². The van der Waals surface area contributed by atoms with E-state index >= 15 is 0 Å². The maximum atomic E-state index is 4.41. The predicted molar refractivity (Wildman–Crippen MR) is 50.5 cm³/mol. The number of anilines is 1. The first-order chi connectivity index (χ1) is 7.27. The molecule has 5 nitrogen and oxygen atoms in total. The van der Waals surface area contributed by atoms with Crippen LogP contribution in [0.1, 0.15) is 0 Å². The number of hydrogen-bond donors (Lipinski definition) is 0. The Morgan fingerprint density at radius 2 is 1.93 bits per heavy atom. The summed E-state index contributed by atoms with van der Waals surface area (Å²) in [4.78, 5) is 13.1. The average molecular weight is 578 g/mol. The Kier molecular flexibility index (Phi) is 3.93. The normalized spacial score (nSPS) is 9.80. The first-order valence-corrected chi connectivity index (χ1v) is 21.1. The van der Waals surface area contributed by atoms with E-state index in [4.69, 9.17) is 0 Å². The minimum absolute atomic E-state index is 0.868. The first kappa shape index (κ1) is 11.7. The van der Waals surface area contributed by atoms with Crippen molar-refractivity contribution >= 4 is 17.0 Å². The van der Waals surface area contributed by atoms with Crippen LogP contribution in [-0.4, -0.2) is 19.5 Å². The Bertz CT molecular complexity index is 465. The van der Waals surface area contributed by atoms with E-state index in [1.165, 1.54) is 0 Å². The molecular formula is C8H11Hg2N5. The van der Waals surface area contributed by atoms with Crippen LogP contribution < -0.4 is 0.428 Å². The van der Waals surface area contributed by atoms with E-state index in [1.54, 1.807) is 6.33 Å². The molecule has 0 bridgehead atoms. The summed E-state index contributed by atoms with van der Waals surface area (Å²) in [6.45, 7) is 0. The molecule has 0 aromatic carbocycles. The van der Waals surface area contributed by atoms with Crippen molar-refractivity contribution in [1.82, 2.24) is 19.5 Å². The molecule has 0 saturated carbocycles. The Labute approximate surface area is 114 Å². The van der Waals surface area contributed by atoms with E-state index in [0.29, 0.717) is 0 Å². The summed E-state index contributed by atoms with van der Waals surface area (Å²) in [5.41, 5.74) is 1.94. The topological polar surface area (TPSA) is 46.8 Å². The van der Waals surface area contributed by atoms with E-state index in [-0.39, 0.29) is 0 Å². The molecule has 2 heterocycles. The molecule has 72 valence electrons. The summed E-state index contributed by atoms with van der Waals surface area (Å²) in [6.07, 6.45) is 3.49. The fourth-order valence-electron chi connectivity index (χ4n) is 1.69. The molecule has 0 unspecified atom stereocenters. The van der Waals surface area contributed by atoms with Gasteiger partial charge in [-0.2, -0.15) is 0 Å². The van der Waals surface area contributed by atoms with Crippen LogP contribution >= 0.6 is 0 Å². The second kappa shape index (κ2) is 5.03. The van der Waals surface area contributed by atoms with Gasteiger partial charge in [-0.25, -0.2) is 0 Å².